The van der Waals surface area contributed by atoms with Crippen molar-refractivity contribution in [2.24, 2.45) is 0 Å². The molecule has 82 valence electrons. The van der Waals surface area contributed by atoms with Gasteiger partial charge in [-0.25, -0.2) is 0 Å². The summed E-state index contributed by atoms with van der Waals surface area (Å²) in [4.78, 5) is 9.43. The fourth-order valence-corrected chi connectivity index (χ4v) is 2.00. The third-order valence-corrected chi connectivity index (χ3v) is 2.94. The summed E-state index contributed by atoms with van der Waals surface area (Å²) in [6.45, 7) is 0. The van der Waals surface area contributed by atoms with Crippen LogP contribution < -0.4 is 0 Å². The van der Waals surface area contributed by atoms with E-state index in [0.29, 0.717) is 0 Å². The SMILES string of the molecule is O=C(C(Br)c1ccccc1Cl)C(F)(F)F. The van der Waals surface area contributed by atoms with E-state index in [4.69, 9.17) is 11.6 Å². The molecule has 0 radical (unpaired) electrons. The van der Waals surface area contributed by atoms with Crippen molar-refractivity contribution in [2.45, 2.75) is 11.0 Å². The normalized spacial score (nSPS) is 13.7. The van der Waals surface area contributed by atoms with E-state index in [9.17, 15) is 18.0 Å². The Morgan fingerprint density at radius 3 is 2.33 bits per heavy atom. The van der Waals surface area contributed by atoms with Gasteiger partial charge < -0.3 is 0 Å². The van der Waals surface area contributed by atoms with Crippen LogP contribution in [0.1, 0.15) is 10.4 Å². The second-order valence-corrected chi connectivity index (χ2v) is 4.07. The van der Waals surface area contributed by atoms with Crippen LogP contribution in [0.4, 0.5) is 13.2 Å². The molecule has 0 fully saturated rings. The Hall–Kier alpha value is -0.550. The highest BCUT2D eigenvalue weighted by atomic mass is 79.9. The van der Waals surface area contributed by atoms with E-state index in [-0.39, 0.29) is 10.6 Å². The number of carbonyl (C=O) groups is 1. The monoisotopic (exact) mass is 300 g/mol. The van der Waals surface area contributed by atoms with Crippen LogP contribution in [0.25, 0.3) is 0 Å². The molecule has 1 unspecified atom stereocenters. The molecule has 0 spiro atoms. The molecular weight excluding hydrogens is 296 g/mol. The van der Waals surface area contributed by atoms with E-state index in [1.54, 1.807) is 6.07 Å². The first kappa shape index (κ1) is 12.5. The van der Waals surface area contributed by atoms with Crippen molar-refractivity contribution in [3.63, 3.8) is 0 Å². The van der Waals surface area contributed by atoms with Gasteiger partial charge in [0.1, 0.15) is 4.83 Å². The third-order valence-electron chi connectivity index (χ3n) is 1.69. The third kappa shape index (κ3) is 2.95. The van der Waals surface area contributed by atoms with Gasteiger partial charge in [0, 0.05) is 5.02 Å². The molecule has 0 aliphatic rings. The second kappa shape index (κ2) is 4.53. The number of halogens is 5. The average Bonchev–Trinajstić information content (AvgIpc) is 2.15. The van der Waals surface area contributed by atoms with Crippen LogP contribution in [-0.2, 0) is 4.79 Å². The Bertz CT molecular complexity index is 378. The fraction of sp³-hybridized carbons (Fsp3) is 0.222. The van der Waals surface area contributed by atoms with Gasteiger partial charge in [0.05, 0.1) is 0 Å². The van der Waals surface area contributed by atoms with Crippen LogP contribution in [0.5, 0.6) is 0 Å². The first-order valence-corrected chi connectivity index (χ1v) is 5.13. The van der Waals surface area contributed by atoms with Crippen LogP contribution in [0.15, 0.2) is 24.3 Å². The van der Waals surface area contributed by atoms with Gasteiger partial charge >= 0.3 is 6.18 Å². The lowest BCUT2D eigenvalue weighted by molar-refractivity contribution is -0.170. The highest BCUT2D eigenvalue weighted by Gasteiger charge is 2.43. The van der Waals surface area contributed by atoms with Gasteiger partial charge in [-0.1, -0.05) is 45.7 Å². The van der Waals surface area contributed by atoms with E-state index in [1.165, 1.54) is 18.2 Å². The molecule has 0 saturated carbocycles. The maximum atomic E-state index is 12.1. The maximum Gasteiger partial charge on any atom is 0.451 e. The fourth-order valence-electron chi connectivity index (χ4n) is 0.966. The summed E-state index contributed by atoms with van der Waals surface area (Å²) in [5, 5.41) is 0.122. The van der Waals surface area contributed by atoms with E-state index < -0.39 is 16.8 Å². The van der Waals surface area contributed by atoms with Crippen molar-refractivity contribution < 1.29 is 18.0 Å². The van der Waals surface area contributed by atoms with Crippen LogP contribution in [0.2, 0.25) is 5.02 Å². The summed E-state index contributed by atoms with van der Waals surface area (Å²) in [5.74, 6) is -1.87. The number of hydrogen-bond acceptors (Lipinski definition) is 1. The minimum Gasteiger partial charge on any atom is -0.288 e. The van der Waals surface area contributed by atoms with Crippen molar-refractivity contribution in [3.05, 3.63) is 34.9 Å². The average molecular weight is 301 g/mol. The molecule has 1 nitrogen and oxygen atoms in total. The molecule has 0 bridgehead atoms. The van der Waals surface area contributed by atoms with E-state index >= 15 is 0 Å². The number of benzene rings is 1. The van der Waals surface area contributed by atoms with E-state index in [1.807, 2.05) is 0 Å². The van der Waals surface area contributed by atoms with Gasteiger partial charge in [-0.05, 0) is 11.6 Å². The first-order valence-electron chi connectivity index (χ1n) is 3.83. The zero-order chi connectivity index (χ0) is 11.6. The predicted molar refractivity (Wildman–Crippen MR) is 54.2 cm³/mol. The van der Waals surface area contributed by atoms with Crippen molar-refractivity contribution in [3.8, 4) is 0 Å². The highest BCUT2D eigenvalue weighted by molar-refractivity contribution is 9.09. The quantitative estimate of drug-likeness (QED) is 0.757. The van der Waals surface area contributed by atoms with Gasteiger partial charge in [0.15, 0.2) is 0 Å². The summed E-state index contributed by atoms with van der Waals surface area (Å²) in [5.41, 5.74) is 0.112. The molecular formula is C9H5BrClF3O. The molecule has 1 atom stereocenters. The maximum absolute atomic E-state index is 12.1. The lowest BCUT2D eigenvalue weighted by atomic mass is 10.1. The van der Waals surface area contributed by atoms with Crippen molar-refractivity contribution in [1.82, 2.24) is 0 Å². The number of Topliss-reactive ketones (excluding diaryl/α,β-unsaturated/α-hetero) is 1. The topological polar surface area (TPSA) is 17.1 Å². The van der Waals surface area contributed by atoms with Crippen molar-refractivity contribution >= 4 is 33.3 Å². The Morgan fingerprint density at radius 2 is 1.87 bits per heavy atom. The smallest absolute Gasteiger partial charge is 0.288 e. The molecule has 0 aliphatic carbocycles. The van der Waals surface area contributed by atoms with Gasteiger partial charge in [-0.2, -0.15) is 13.2 Å². The molecule has 1 aromatic rings. The van der Waals surface area contributed by atoms with Crippen molar-refractivity contribution in [1.29, 1.82) is 0 Å². The molecule has 6 heteroatoms. The van der Waals surface area contributed by atoms with Gasteiger partial charge in [0.2, 0.25) is 0 Å². The Kier molecular flexibility index (Phi) is 3.78. The van der Waals surface area contributed by atoms with Gasteiger partial charge in [-0.3, -0.25) is 4.79 Å². The molecule has 1 aromatic carbocycles. The number of rotatable bonds is 2. The second-order valence-electron chi connectivity index (χ2n) is 2.75. The van der Waals surface area contributed by atoms with Gasteiger partial charge in [0.25, 0.3) is 5.78 Å². The molecule has 0 aliphatic heterocycles. The Morgan fingerprint density at radius 1 is 1.33 bits per heavy atom. The number of hydrogen-bond donors (Lipinski definition) is 0. The molecule has 0 heterocycles. The minimum atomic E-state index is -4.87. The Balaban J connectivity index is 3.01. The lowest BCUT2D eigenvalue weighted by Gasteiger charge is -2.12. The Labute approximate surface area is 97.4 Å². The zero-order valence-electron chi connectivity index (χ0n) is 7.18. The summed E-state index contributed by atoms with van der Waals surface area (Å²) in [6.07, 6.45) is -4.87. The molecule has 15 heavy (non-hydrogen) atoms. The zero-order valence-corrected chi connectivity index (χ0v) is 9.53. The highest BCUT2D eigenvalue weighted by Crippen LogP contribution is 2.35. The lowest BCUT2D eigenvalue weighted by Crippen LogP contribution is -2.26. The summed E-state index contributed by atoms with van der Waals surface area (Å²) in [6, 6.07) is 5.88. The van der Waals surface area contributed by atoms with Crippen LogP contribution in [0.3, 0.4) is 0 Å². The van der Waals surface area contributed by atoms with E-state index in [0.717, 1.165) is 0 Å². The molecule has 0 N–H and O–H groups in total. The minimum absolute atomic E-state index is 0.112. The number of alkyl halides is 4. The summed E-state index contributed by atoms with van der Waals surface area (Å²) < 4.78 is 36.3. The van der Waals surface area contributed by atoms with Crippen LogP contribution >= 0.6 is 27.5 Å². The standard InChI is InChI=1S/C9H5BrClF3O/c10-7(8(15)9(12,13)14)5-3-1-2-4-6(5)11/h1-4,7H. The van der Waals surface area contributed by atoms with E-state index in [2.05, 4.69) is 15.9 Å². The summed E-state index contributed by atoms with van der Waals surface area (Å²) in [7, 11) is 0. The molecule has 0 aromatic heterocycles. The number of carbonyl (C=O) groups excluding carboxylic acids is 1. The van der Waals surface area contributed by atoms with Gasteiger partial charge in [-0.15, -0.1) is 0 Å². The molecule has 0 amide bonds. The molecule has 1 rings (SSSR count). The van der Waals surface area contributed by atoms with Crippen LogP contribution in [-0.4, -0.2) is 12.0 Å². The van der Waals surface area contributed by atoms with Crippen molar-refractivity contribution in [2.75, 3.05) is 0 Å². The summed E-state index contributed by atoms with van der Waals surface area (Å²) >= 11 is 8.35. The van der Waals surface area contributed by atoms with Crippen LogP contribution in [0, 0.1) is 0 Å². The predicted octanol–water partition coefficient (Wildman–Crippen LogP) is 3.91. The largest absolute Gasteiger partial charge is 0.451 e. The number of ketones is 1. The first-order chi connectivity index (χ1) is 6.84. The molecule has 0 saturated heterocycles.